The lowest BCUT2D eigenvalue weighted by molar-refractivity contribution is -0.173. The standard InChI is InChI=1S/C33H38Cl2FN3O5/c1-30(2)11-13-32(14-12-30)33(21-6-5-19(34)16-22(21)38-28(33)41)24(20-9-15-37-27(35)25(20)36)26(39-32)23(40)7-4-18-8-10-31(3,29(42)43)44-17-18/h5-6,9,15-16,18,24,26,39H,4,7-8,10-14,17H2,1-3H3,(H,38,41)(H,42,43)/t18-,24+,26+,31?,33-/m1/s1. The number of ketones is 1. The van der Waals surface area contributed by atoms with Crippen LogP contribution in [0.25, 0.3) is 0 Å². The number of fused-ring (bicyclic) bond motifs is 3. The SMILES string of the molecule is CC1(C)CCC2(CC1)N[C@@H](C(=O)CC[C@@H]1CCC(C)(C(=O)O)OC1)[C@H](c1ccnc(Cl)c1F)[C@]21C(=O)Nc2cc(Cl)ccc21. The molecule has 8 nitrogen and oxygen atoms in total. The van der Waals surface area contributed by atoms with Crippen LogP contribution in [0.5, 0.6) is 0 Å². The van der Waals surface area contributed by atoms with Gasteiger partial charge >= 0.3 is 5.97 Å². The second kappa shape index (κ2) is 11.0. The summed E-state index contributed by atoms with van der Waals surface area (Å²) >= 11 is 12.6. The summed E-state index contributed by atoms with van der Waals surface area (Å²) in [5.74, 6) is -3.05. The minimum atomic E-state index is -1.31. The first-order valence-electron chi connectivity index (χ1n) is 15.3. The first-order valence-corrected chi connectivity index (χ1v) is 16.1. The van der Waals surface area contributed by atoms with E-state index in [9.17, 15) is 19.5 Å². The van der Waals surface area contributed by atoms with E-state index in [1.807, 2.05) is 6.07 Å². The fraction of sp³-hybridized carbons (Fsp3) is 0.576. The number of amides is 1. The van der Waals surface area contributed by atoms with E-state index in [1.165, 1.54) is 12.3 Å². The van der Waals surface area contributed by atoms with Crippen LogP contribution in [0.1, 0.15) is 89.2 Å². The van der Waals surface area contributed by atoms with Crippen molar-refractivity contribution in [2.75, 3.05) is 11.9 Å². The number of Topliss-reactive ketones (excluding diaryl/α,β-unsaturated/α-hetero) is 1. The van der Waals surface area contributed by atoms with Crippen LogP contribution in [0.4, 0.5) is 10.1 Å². The Bertz CT molecular complexity index is 1510. The summed E-state index contributed by atoms with van der Waals surface area (Å²) in [6.45, 7) is 6.22. The van der Waals surface area contributed by atoms with Crippen LogP contribution in [0, 0.1) is 17.2 Å². The maximum absolute atomic E-state index is 16.0. The summed E-state index contributed by atoms with van der Waals surface area (Å²) < 4.78 is 21.7. The van der Waals surface area contributed by atoms with Crippen LogP contribution >= 0.6 is 23.2 Å². The Balaban J connectivity index is 1.43. The highest BCUT2D eigenvalue weighted by atomic mass is 35.5. The highest BCUT2D eigenvalue weighted by Crippen LogP contribution is 2.64. The van der Waals surface area contributed by atoms with Gasteiger partial charge in [0.05, 0.1) is 12.6 Å². The third kappa shape index (κ3) is 4.86. The molecule has 2 spiro atoms. The maximum atomic E-state index is 16.0. The van der Waals surface area contributed by atoms with Gasteiger partial charge in [-0.2, -0.15) is 0 Å². The van der Waals surface area contributed by atoms with Crippen LogP contribution in [0.15, 0.2) is 30.5 Å². The number of halogens is 3. The molecule has 1 aromatic heterocycles. The van der Waals surface area contributed by atoms with Crippen LogP contribution in [-0.4, -0.2) is 51.5 Å². The van der Waals surface area contributed by atoms with Crippen LogP contribution in [0.2, 0.25) is 10.2 Å². The van der Waals surface area contributed by atoms with Crippen molar-refractivity contribution in [3.63, 3.8) is 0 Å². The first kappa shape index (κ1) is 31.4. The Labute approximate surface area is 266 Å². The fourth-order valence-corrected chi connectivity index (χ4v) is 8.55. The molecular weight excluding hydrogens is 608 g/mol. The molecule has 3 aliphatic heterocycles. The predicted octanol–water partition coefficient (Wildman–Crippen LogP) is 6.43. The molecule has 0 radical (unpaired) electrons. The average Bonchev–Trinajstić information content (AvgIpc) is 3.43. The molecule has 1 aliphatic carbocycles. The Kier molecular flexibility index (Phi) is 7.88. The number of hydrogen-bond donors (Lipinski definition) is 3. The molecule has 4 aliphatic rings. The van der Waals surface area contributed by atoms with Crippen molar-refractivity contribution >= 4 is 46.5 Å². The smallest absolute Gasteiger partial charge is 0.335 e. The van der Waals surface area contributed by atoms with Gasteiger partial charge in [0.2, 0.25) is 5.91 Å². The molecule has 1 unspecified atom stereocenters. The second-order valence-corrected chi connectivity index (χ2v) is 14.9. The van der Waals surface area contributed by atoms with Crippen molar-refractivity contribution in [2.24, 2.45) is 11.3 Å². The lowest BCUT2D eigenvalue weighted by atomic mass is 9.53. The quantitative estimate of drug-likeness (QED) is 0.310. The van der Waals surface area contributed by atoms with Gasteiger partial charge in [-0.3, -0.25) is 14.9 Å². The number of anilines is 1. The third-order valence-corrected chi connectivity index (χ3v) is 11.4. The fourth-order valence-electron chi connectivity index (χ4n) is 8.21. The summed E-state index contributed by atoms with van der Waals surface area (Å²) in [6, 6.07) is 5.92. The van der Waals surface area contributed by atoms with Gasteiger partial charge in [-0.25, -0.2) is 14.2 Å². The van der Waals surface area contributed by atoms with Gasteiger partial charge in [0.1, 0.15) is 11.2 Å². The number of carbonyl (C=O) groups is 3. The molecular formula is C33H38Cl2FN3O5. The molecule has 3 fully saturated rings. The Morgan fingerprint density at radius 3 is 2.50 bits per heavy atom. The van der Waals surface area contributed by atoms with Crippen molar-refractivity contribution in [1.29, 1.82) is 0 Å². The Morgan fingerprint density at radius 1 is 1.11 bits per heavy atom. The van der Waals surface area contributed by atoms with Crippen molar-refractivity contribution in [2.45, 2.75) is 101 Å². The number of aliphatic carboxylic acids is 1. The van der Waals surface area contributed by atoms with Gasteiger partial charge in [0.15, 0.2) is 16.6 Å². The molecule has 0 bridgehead atoms. The molecule has 3 N–H and O–H groups in total. The lowest BCUT2D eigenvalue weighted by Crippen LogP contribution is -2.61. The van der Waals surface area contributed by atoms with Gasteiger partial charge in [-0.15, -0.1) is 0 Å². The first-order chi connectivity index (χ1) is 20.7. The van der Waals surface area contributed by atoms with Crippen LogP contribution < -0.4 is 10.6 Å². The maximum Gasteiger partial charge on any atom is 0.335 e. The van der Waals surface area contributed by atoms with Gasteiger partial charge in [0, 0.05) is 34.8 Å². The zero-order valence-electron chi connectivity index (χ0n) is 25.1. The number of benzene rings is 1. The molecule has 1 amide bonds. The van der Waals surface area contributed by atoms with E-state index in [1.54, 1.807) is 19.1 Å². The van der Waals surface area contributed by atoms with E-state index in [4.69, 9.17) is 27.9 Å². The number of pyridine rings is 1. The monoisotopic (exact) mass is 645 g/mol. The summed E-state index contributed by atoms with van der Waals surface area (Å²) in [4.78, 5) is 44.4. The number of carbonyl (C=O) groups excluding carboxylic acids is 2. The highest BCUT2D eigenvalue weighted by molar-refractivity contribution is 6.31. The molecule has 11 heteroatoms. The minimum Gasteiger partial charge on any atom is -0.479 e. The summed E-state index contributed by atoms with van der Waals surface area (Å²) in [6.07, 6.45) is 5.89. The number of ether oxygens (including phenoxy) is 1. The normalized spacial score (nSPS) is 32.0. The number of hydrogen-bond acceptors (Lipinski definition) is 6. The highest BCUT2D eigenvalue weighted by Gasteiger charge is 2.72. The molecule has 5 atom stereocenters. The van der Waals surface area contributed by atoms with E-state index >= 15 is 4.39 Å². The Hall–Kier alpha value is -2.59. The number of nitrogens with one attached hydrogen (secondary N) is 2. The third-order valence-electron chi connectivity index (χ3n) is 10.9. The zero-order valence-corrected chi connectivity index (χ0v) is 26.7. The molecule has 1 saturated carbocycles. The molecule has 2 saturated heterocycles. The molecule has 44 heavy (non-hydrogen) atoms. The van der Waals surface area contributed by atoms with Crippen LogP contribution in [-0.2, 0) is 24.5 Å². The Morgan fingerprint density at radius 2 is 1.84 bits per heavy atom. The molecule has 6 rings (SSSR count). The van der Waals surface area contributed by atoms with Crippen molar-refractivity contribution < 1.29 is 28.6 Å². The molecule has 236 valence electrons. The summed E-state index contributed by atoms with van der Waals surface area (Å²) in [5, 5.41) is 16.4. The minimum absolute atomic E-state index is 0.00869. The van der Waals surface area contributed by atoms with Gasteiger partial charge < -0.3 is 15.2 Å². The van der Waals surface area contributed by atoms with Gasteiger partial charge in [0.25, 0.3) is 0 Å². The summed E-state index contributed by atoms with van der Waals surface area (Å²) in [5.41, 5.74) is -1.90. The average molecular weight is 647 g/mol. The van der Waals surface area contributed by atoms with E-state index in [0.29, 0.717) is 48.4 Å². The van der Waals surface area contributed by atoms with E-state index in [0.717, 1.165) is 12.8 Å². The molecule has 4 heterocycles. The summed E-state index contributed by atoms with van der Waals surface area (Å²) in [7, 11) is 0. The van der Waals surface area contributed by atoms with E-state index in [2.05, 4.69) is 29.5 Å². The second-order valence-electron chi connectivity index (χ2n) is 14.1. The molecule has 2 aromatic rings. The van der Waals surface area contributed by atoms with Crippen LogP contribution in [0.3, 0.4) is 0 Å². The largest absolute Gasteiger partial charge is 0.479 e. The predicted molar refractivity (Wildman–Crippen MR) is 165 cm³/mol. The topological polar surface area (TPSA) is 118 Å². The number of aromatic nitrogens is 1. The number of nitrogens with zero attached hydrogens (tertiary/aromatic N) is 1. The number of carboxylic acids is 1. The van der Waals surface area contributed by atoms with E-state index < -0.39 is 40.3 Å². The number of rotatable bonds is 6. The van der Waals surface area contributed by atoms with E-state index in [-0.39, 0.29) is 46.8 Å². The lowest BCUT2D eigenvalue weighted by Gasteiger charge is -2.50. The van der Waals surface area contributed by atoms with Gasteiger partial charge in [-0.1, -0.05) is 43.1 Å². The van der Waals surface area contributed by atoms with Gasteiger partial charge in [-0.05, 0) is 92.5 Å². The number of carboxylic acid groups (broad SMARTS) is 1. The van der Waals surface area contributed by atoms with Crippen molar-refractivity contribution in [1.82, 2.24) is 10.3 Å². The van der Waals surface area contributed by atoms with Crippen molar-refractivity contribution in [3.05, 3.63) is 57.6 Å². The zero-order chi connectivity index (χ0) is 31.7. The van der Waals surface area contributed by atoms with Crippen molar-refractivity contribution in [3.8, 4) is 0 Å². The molecule has 1 aromatic carbocycles.